The molecule has 0 saturated heterocycles. The number of aliphatic hydroxyl groups excluding tert-OH is 3. The van der Waals surface area contributed by atoms with Crippen LogP contribution >= 0.6 is 0 Å². The summed E-state index contributed by atoms with van der Waals surface area (Å²) in [6.07, 6.45) is 13.5. The summed E-state index contributed by atoms with van der Waals surface area (Å²) in [4.78, 5) is 0. The second-order valence-electron chi connectivity index (χ2n) is 11.8. The van der Waals surface area contributed by atoms with E-state index in [9.17, 15) is 15.3 Å². The van der Waals surface area contributed by atoms with Gasteiger partial charge in [0.1, 0.15) is 0 Å². The Hall–Kier alpha value is -0.640. The van der Waals surface area contributed by atoms with E-state index >= 15 is 0 Å². The highest BCUT2D eigenvalue weighted by Gasteiger charge is 2.61. The summed E-state index contributed by atoms with van der Waals surface area (Å²) in [5.41, 5.74) is 3.07. The summed E-state index contributed by atoms with van der Waals surface area (Å²) in [7, 11) is 0. The quantitative estimate of drug-likeness (QED) is 0.536. The first-order valence-corrected chi connectivity index (χ1v) is 12.5. The Morgan fingerprint density at radius 2 is 1.87 bits per heavy atom. The van der Waals surface area contributed by atoms with Crippen molar-refractivity contribution in [2.75, 3.05) is 6.61 Å². The monoisotopic (exact) mass is 416 g/mol. The topological polar surface area (TPSA) is 60.7 Å². The SMILES string of the molecule is CC(C)=CCC[C@@H](CO)[C@H]1CC[C@H]2[C@@H]3[C@@H](O)C=C4C[C@@H](O)CC[C@]4(C)[C@H]3CC[C@]12C. The number of hydrogen-bond donors (Lipinski definition) is 3. The molecule has 0 amide bonds. The lowest BCUT2D eigenvalue weighted by molar-refractivity contribution is -0.0997. The van der Waals surface area contributed by atoms with Gasteiger partial charge in [-0.2, -0.15) is 0 Å². The van der Waals surface area contributed by atoms with Crippen LogP contribution < -0.4 is 0 Å². The molecule has 0 bridgehead atoms. The third kappa shape index (κ3) is 3.63. The molecular weight excluding hydrogens is 372 g/mol. The lowest BCUT2D eigenvalue weighted by Crippen LogP contribution is -2.55. The standard InChI is InChI=1S/C27H44O3/c1-17(2)6-5-7-18(16-28)21-8-9-22-25-23(11-13-27(21,22)4)26(3)12-10-20(29)14-19(26)15-24(25)30/h6,15,18,20-25,28-30H,5,7-14,16H2,1-4H3/t18-,20-,21+,22-,23-,24-,25-,26-,27+/m0/s1. The van der Waals surface area contributed by atoms with E-state index in [-0.39, 0.29) is 23.0 Å². The van der Waals surface area contributed by atoms with Crippen molar-refractivity contribution in [2.45, 2.75) is 97.7 Å². The number of hydrogen-bond acceptors (Lipinski definition) is 3. The van der Waals surface area contributed by atoms with Gasteiger partial charge in [-0.1, -0.05) is 37.1 Å². The highest BCUT2D eigenvalue weighted by atomic mass is 16.3. The second kappa shape index (κ2) is 8.37. The number of allylic oxidation sites excluding steroid dienone is 2. The van der Waals surface area contributed by atoms with E-state index in [1.807, 2.05) is 0 Å². The average molecular weight is 417 g/mol. The Bertz CT molecular complexity index is 692. The van der Waals surface area contributed by atoms with Crippen molar-refractivity contribution >= 4 is 0 Å². The summed E-state index contributed by atoms with van der Waals surface area (Å²) in [5, 5.41) is 31.7. The molecule has 3 heteroatoms. The number of fused-ring (bicyclic) bond motifs is 5. The van der Waals surface area contributed by atoms with Crippen molar-refractivity contribution in [1.82, 2.24) is 0 Å². The zero-order valence-electron chi connectivity index (χ0n) is 19.6. The molecule has 0 aromatic carbocycles. The maximum Gasteiger partial charge on any atom is 0.0757 e. The van der Waals surface area contributed by atoms with Crippen LogP contribution in [0.3, 0.4) is 0 Å². The van der Waals surface area contributed by atoms with Crippen LogP contribution in [0.4, 0.5) is 0 Å². The fourth-order valence-electron chi connectivity index (χ4n) is 8.45. The van der Waals surface area contributed by atoms with Crippen molar-refractivity contribution in [2.24, 2.45) is 40.4 Å². The first-order chi connectivity index (χ1) is 14.2. The van der Waals surface area contributed by atoms with Gasteiger partial charge in [0.2, 0.25) is 0 Å². The number of aliphatic hydroxyl groups is 3. The van der Waals surface area contributed by atoms with Crippen molar-refractivity contribution in [1.29, 1.82) is 0 Å². The number of rotatable bonds is 5. The molecule has 3 saturated carbocycles. The van der Waals surface area contributed by atoms with E-state index in [2.05, 4.69) is 39.8 Å². The van der Waals surface area contributed by atoms with Crippen LogP contribution in [0.2, 0.25) is 0 Å². The molecule has 0 aromatic heterocycles. The van der Waals surface area contributed by atoms with Crippen LogP contribution in [0.15, 0.2) is 23.3 Å². The van der Waals surface area contributed by atoms with Gasteiger partial charge in [-0.25, -0.2) is 0 Å². The zero-order valence-corrected chi connectivity index (χ0v) is 19.6. The molecule has 3 N–H and O–H groups in total. The first kappa shape index (κ1) is 22.6. The molecule has 170 valence electrons. The van der Waals surface area contributed by atoms with Crippen molar-refractivity contribution < 1.29 is 15.3 Å². The molecule has 4 aliphatic carbocycles. The third-order valence-electron chi connectivity index (χ3n) is 10.1. The summed E-state index contributed by atoms with van der Waals surface area (Å²) in [5.74, 6) is 2.37. The van der Waals surface area contributed by atoms with Gasteiger partial charge in [-0.15, -0.1) is 0 Å². The average Bonchev–Trinajstić information content (AvgIpc) is 3.03. The molecule has 0 spiro atoms. The summed E-state index contributed by atoms with van der Waals surface area (Å²) in [6.45, 7) is 9.49. The molecule has 0 unspecified atom stereocenters. The van der Waals surface area contributed by atoms with Gasteiger partial charge in [0.15, 0.2) is 0 Å². The van der Waals surface area contributed by atoms with Gasteiger partial charge >= 0.3 is 0 Å². The molecule has 0 heterocycles. The van der Waals surface area contributed by atoms with Gasteiger partial charge in [0, 0.05) is 6.61 Å². The first-order valence-electron chi connectivity index (χ1n) is 12.5. The van der Waals surface area contributed by atoms with Gasteiger partial charge in [-0.3, -0.25) is 0 Å². The van der Waals surface area contributed by atoms with Gasteiger partial charge in [0.25, 0.3) is 0 Å². The fraction of sp³-hybridized carbons (Fsp3) is 0.852. The maximum atomic E-state index is 11.3. The third-order valence-corrected chi connectivity index (χ3v) is 10.1. The fourth-order valence-corrected chi connectivity index (χ4v) is 8.45. The largest absolute Gasteiger partial charge is 0.396 e. The van der Waals surface area contributed by atoms with E-state index in [4.69, 9.17) is 0 Å². The van der Waals surface area contributed by atoms with Gasteiger partial charge in [0.05, 0.1) is 12.2 Å². The van der Waals surface area contributed by atoms with Crippen LogP contribution in [-0.4, -0.2) is 34.1 Å². The highest BCUT2D eigenvalue weighted by molar-refractivity contribution is 5.28. The van der Waals surface area contributed by atoms with Crippen LogP contribution in [0.1, 0.15) is 85.5 Å². The molecular formula is C27H44O3. The second-order valence-corrected chi connectivity index (χ2v) is 11.8. The van der Waals surface area contributed by atoms with Crippen LogP contribution in [-0.2, 0) is 0 Å². The summed E-state index contributed by atoms with van der Waals surface area (Å²) >= 11 is 0. The van der Waals surface area contributed by atoms with E-state index in [1.165, 1.54) is 36.8 Å². The highest BCUT2D eigenvalue weighted by Crippen LogP contribution is 2.67. The Kier molecular flexibility index (Phi) is 6.29. The molecule has 9 atom stereocenters. The van der Waals surface area contributed by atoms with E-state index < -0.39 is 0 Å². The van der Waals surface area contributed by atoms with Crippen molar-refractivity contribution in [3.63, 3.8) is 0 Å². The van der Waals surface area contributed by atoms with E-state index in [1.54, 1.807) is 0 Å². The molecule has 0 aliphatic heterocycles. The predicted molar refractivity (Wildman–Crippen MR) is 122 cm³/mol. The Labute approximate surface area is 183 Å². The lowest BCUT2D eigenvalue weighted by Gasteiger charge is -2.59. The van der Waals surface area contributed by atoms with Crippen LogP contribution in [0, 0.1) is 40.4 Å². The lowest BCUT2D eigenvalue weighted by atomic mass is 9.46. The normalized spacial score (nSPS) is 46.3. The minimum atomic E-state index is -0.370. The minimum Gasteiger partial charge on any atom is -0.396 e. The van der Waals surface area contributed by atoms with Crippen LogP contribution in [0.25, 0.3) is 0 Å². The molecule has 30 heavy (non-hydrogen) atoms. The smallest absolute Gasteiger partial charge is 0.0757 e. The van der Waals surface area contributed by atoms with E-state index in [0.29, 0.717) is 36.2 Å². The molecule has 3 fully saturated rings. The minimum absolute atomic E-state index is 0.155. The summed E-state index contributed by atoms with van der Waals surface area (Å²) in [6, 6.07) is 0. The molecule has 3 nitrogen and oxygen atoms in total. The molecule has 4 rings (SSSR count). The molecule has 0 radical (unpaired) electrons. The van der Waals surface area contributed by atoms with Crippen LogP contribution in [0.5, 0.6) is 0 Å². The van der Waals surface area contributed by atoms with Crippen molar-refractivity contribution in [3.8, 4) is 0 Å². The van der Waals surface area contributed by atoms with Gasteiger partial charge in [-0.05, 0) is 112 Å². The predicted octanol–water partition coefficient (Wildman–Crippen LogP) is 5.25. The molecule has 4 aliphatic rings. The van der Waals surface area contributed by atoms with Crippen molar-refractivity contribution in [3.05, 3.63) is 23.3 Å². The maximum absolute atomic E-state index is 11.3. The zero-order chi connectivity index (χ0) is 21.7. The van der Waals surface area contributed by atoms with E-state index in [0.717, 1.165) is 32.1 Å². The molecule has 0 aromatic rings. The van der Waals surface area contributed by atoms with Gasteiger partial charge < -0.3 is 15.3 Å². The Morgan fingerprint density at radius 1 is 1.10 bits per heavy atom. The Balaban J connectivity index is 1.57. The summed E-state index contributed by atoms with van der Waals surface area (Å²) < 4.78 is 0. The Morgan fingerprint density at radius 3 is 2.57 bits per heavy atom.